The number of rotatable bonds is 11. The Labute approximate surface area is 190 Å². The van der Waals surface area contributed by atoms with Gasteiger partial charge in [0.2, 0.25) is 11.8 Å². The fourth-order valence-corrected chi connectivity index (χ4v) is 3.34. The van der Waals surface area contributed by atoms with Crippen LogP contribution in [0.2, 0.25) is 0 Å². The third-order valence-corrected chi connectivity index (χ3v) is 4.83. The lowest BCUT2D eigenvalue weighted by atomic mass is 9.82. The van der Waals surface area contributed by atoms with E-state index in [1.165, 1.54) is 5.01 Å². The molecule has 1 heterocycles. The summed E-state index contributed by atoms with van der Waals surface area (Å²) in [5.41, 5.74) is 10.9. The summed E-state index contributed by atoms with van der Waals surface area (Å²) in [5, 5.41) is 10.5. The van der Waals surface area contributed by atoms with Crippen molar-refractivity contribution >= 4 is 23.8 Å². The van der Waals surface area contributed by atoms with Gasteiger partial charge < -0.3 is 5.73 Å². The first-order valence-electron chi connectivity index (χ1n) is 10.9. The van der Waals surface area contributed by atoms with E-state index in [9.17, 15) is 19.6 Å². The van der Waals surface area contributed by atoms with Crippen molar-refractivity contribution in [2.24, 2.45) is 29.4 Å². The highest BCUT2D eigenvalue weighted by Gasteiger charge is 2.35. The monoisotopic (exact) mass is 447 g/mol. The molecular weight excluding hydrogens is 410 g/mol. The van der Waals surface area contributed by atoms with Crippen molar-refractivity contribution in [3.8, 4) is 0 Å². The first kappa shape index (κ1) is 27.3. The van der Waals surface area contributed by atoms with Crippen LogP contribution in [0.15, 0.2) is 30.6 Å². The molecule has 9 nitrogen and oxygen atoms in total. The number of hydrazine groups is 1. The molecule has 5 N–H and O–H groups in total. The van der Waals surface area contributed by atoms with Crippen molar-refractivity contribution in [3.05, 3.63) is 36.2 Å². The largest absolute Gasteiger partial charge is 0.320 e. The molecule has 0 aromatic carbocycles. The van der Waals surface area contributed by atoms with E-state index in [2.05, 4.69) is 10.4 Å². The van der Waals surface area contributed by atoms with E-state index in [-0.39, 0.29) is 24.8 Å². The summed E-state index contributed by atoms with van der Waals surface area (Å²) >= 11 is 0. The van der Waals surface area contributed by atoms with Gasteiger partial charge in [-0.05, 0) is 43.2 Å². The average Bonchev–Trinajstić information content (AvgIpc) is 2.74. The number of hydroxylamine groups is 1. The fourth-order valence-electron chi connectivity index (χ4n) is 3.34. The van der Waals surface area contributed by atoms with E-state index in [1.807, 2.05) is 33.8 Å². The molecule has 1 aromatic heterocycles. The maximum Gasteiger partial charge on any atom is 0.257 e. The van der Waals surface area contributed by atoms with Crippen LogP contribution in [0, 0.1) is 23.7 Å². The van der Waals surface area contributed by atoms with Crippen molar-refractivity contribution in [2.75, 3.05) is 6.54 Å². The lowest BCUT2D eigenvalue weighted by molar-refractivity contribution is -0.148. The minimum atomic E-state index is -0.832. The van der Waals surface area contributed by atoms with Gasteiger partial charge >= 0.3 is 0 Å². The third kappa shape index (κ3) is 9.15. The number of nitrogens with two attached hydrogens (primary N) is 1. The summed E-state index contributed by atoms with van der Waals surface area (Å²) < 4.78 is 0. The number of amides is 3. The van der Waals surface area contributed by atoms with Gasteiger partial charge in [0, 0.05) is 18.9 Å². The quantitative estimate of drug-likeness (QED) is 0.303. The smallest absolute Gasteiger partial charge is 0.257 e. The first-order chi connectivity index (χ1) is 15.1. The SMILES string of the molecule is CC(C)C[C@@H](C(=O)NN(CC(C)C)C(=O)[C@@H](C)N)[C@H](CC=Cc1cccnc1)C(=O)NO. The highest BCUT2D eigenvalue weighted by molar-refractivity contribution is 5.89. The molecule has 0 fully saturated rings. The standard InChI is InChI=1S/C23H37N5O4/c1-15(2)12-20(21(29)26-28(14-16(3)4)23(31)17(5)24)19(22(30)27-32)10-6-8-18-9-7-11-25-13-18/h6-9,11,13,15-17,19-20,32H,10,12,14,24H2,1-5H3,(H,26,29)(H,27,30)/t17-,19+,20-/m1/s1. The number of aromatic nitrogens is 1. The van der Waals surface area contributed by atoms with E-state index in [0.29, 0.717) is 6.42 Å². The van der Waals surface area contributed by atoms with Crippen molar-refractivity contribution < 1.29 is 19.6 Å². The summed E-state index contributed by atoms with van der Waals surface area (Å²) in [4.78, 5) is 42.3. The predicted molar refractivity (Wildman–Crippen MR) is 123 cm³/mol. The van der Waals surface area contributed by atoms with Gasteiger partial charge in [0.15, 0.2) is 0 Å². The van der Waals surface area contributed by atoms with Crippen LogP contribution >= 0.6 is 0 Å². The van der Waals surface area contributed by atoms with E-state index >= 15 is 0 Å². The number of carbonyl (C=O) groups excluding carboxylic acids is 3. The zero-order chi connectivity index (χ0) is 24.3. The second-order valence-corrected chi connectivity index (χ2v) is 8.85. The Hall–Kier alpha value is -2.78. The van der Waals surface area contributed by atoms with Crippen LogP contribution in [-0.4, -0.2) is 45.5 Å². The fraction of sp³-hybridized carbons (Fsp3) is 0.565. The van der Waals surface area contributed by atoms with Crippen LogP contribution in [0.4, 0.5) is 0 Å². The van der Waals surface area contributed by atoms with Crippen LogP contribution in [0.3, 0.4) is 0 Å². The molecule has 178 valence electrons. The molecule has 9 heteroatoms. The van der Waals surface area contributed by atoms with Gasteiger partial charge in [-0.1, -0.05) is 45.9 Å². The minimum absolute atomic E-state index is 0.0977. The van der Waals surface area contributed by atoms with E-state index < -0.39 is 35.6 Å². The molecule has 3 atom stereocenters. The maximum absolute atomic E-state index is 13.3. The van der Waals surface area contributed by atoms with E-state index in [0.717, 1.165) is 5.56 Å². The Kier molecular flexibility index (Phi) is 11.6. The molecule has 0 aliphatic carbocycles. The van der Waals surface area contributed by atoms with Crippen LogP contribution in [0.1, 0.15) is 53.0 Å². The van der Waals surface area contributed by atoms with Crippen LogP contribution < -0.4 is 16.6 Å². The first-order valence-corrected chi connectivity index (χ1v) is 10.9. The number of nitrogens with zero attached hydrogens (tertiary/aromatic N) is 2. The zero-order valence-electron chi connectivity index (χ0n) is 19.6. The molecule has 0 saturated heterocycles. The van der Waals surface area contributed by atoms with Crippen molar-refractivity contribution in [2.45, 2.75) is 53.5 Å². The molecule has 1 aromatic rings. The Bertz CT molecular complexity index is 765. The second-order valence-electron chi connectivity index (χ2n) is 8.85. The topological polar surface area (TPSA) is 138 Å². The lowest BCUT2D eigenvalue weighted by Crippen LogP contribution is -2.55. The van der Waals surface area contributed by atoms with Gasteiger partial charge in [-0.25, -0.2) is 5.48 Å². The molecule has 0 aliphatic heterocycles. The molecule has 32 heavy (non-hydrogen) atoms. The maximum atomic E-state index is 13.3. The Balaban J connectivity index is 3.13. The molecule has 3 amide bonds. The highest BCUT2D eigenvalue weighted by atomic mass is 16.5. The van der Waals surface area contributed by atoms with Gasteiger partial charge in [0.25, 0.3) is 5.91 Å². The number of allylic oxidation sites excluding steroid dienone is 1. The molecule has 0 bridgehead atoms. The number of hydrogen-bond acceptors (Lipinski definition) is 6. The van der Waals surface area contributed by atoms with E-state index in [4.69, 9.17) is 5.73 Å². The summed E-state index contributed by atoms with van der Waals surface area (Å²) in [5.74, 6) is -2.93. The summed E-state index contributed by atoms with van der Waals surface area (Å²) in [6, 6.07) is 2.88. The molecule has 0 unspecified atom stereocenters. The summed E-state index contributed by atoms with van der Waals surface area (Å²) in [6.07, 6.45) is 7.54. The van der Waals surface area contributed by atoms with Gasteiger partial charge in [-0.2, -0.15) is 0 Å². The lowest BCUT2D eigenvalue weighted by Gasteiger charge is -2.31. The zero-order valence-corrected chi connectivity index (χ0v) is 19.6. The number of pyridine rings is 1. The van der Waals surface area contributed by atoms with Gasteiger partial charge in [0.05, 0.1) is 17.9 Å². The Morgan fingerprint density at radius 2 is 1.81 bits per heavy atom. The molecule has 1 rings (SSSR count). The van der Waals surface area contributed by atoms with Crippen LogP contribution in [0.25, 0.3) is 6.08 Å². The average molecular weight is 448 g/mol. The summed E-state index contributed by atoms with van der Waals surface area (Å²) in [7, 11) is 0. The van der Waals surface area contributed by atoms with Crippen LogP contribution in [0.5, 0.6) is 0 Å². The number of nitrogens with one attached hydrogen (secondary N) is 2. The molecule has 0 radical (unpaired) electrons. The number of carbonyl (C=O) groups is 3. The van der Waals surface area contributed by atoms with Crippen molar-refractivity contribution in [3.63, 3.8) is 0 Å². The Morgan fingerprint density at radius 1 is 1.12 bits per heavy atom. The molecule has 0 spiro atoms. The van der Waals surface area contributed by atoms with Crippen LogP contribution in [-0.2, 0) is 14.4 Å². The predicted octanol–water partition coefficient (Wildman–Crippen LogP) is 2.13. The highest BCUT2D eigenvalue weighted by Crippen LogP contribution is 2.25. The molecule has 0 aliphatic rings. The number of hydrogen-bond donors (Lipinski definition) is 4. The second kappa shape index (κ2) is 13.6. The van der Waals surface area contributed by atoms with Gasteiger partial charge in [-0.15, -0.1) is 0 Å². The molecular formula is C23H37N5O4. The third-order valence-electron chi connectivity index (χ3n) is 4.83. The molecule has 0 saturated carbocycles. The van der Waals surface area contributed by atoms with Gasteiger partial charge in [0.1, 0.15) is 0 Å². The van der Waals surface area contributed by atoms with Crippen molar-refractivity contribution in [1.29, 1.82) is 0 Å². The van der Waals surface area contributed by atoms with Crippen molar-refractivity contribution in [1.82, 2.24) is 20.9 Å². The van der Waals surface area contributed by atoms with Gasteiger partial charge in [-0.3, -0.25) is 35.0 Å². The normalized spacial score (nSPS) is 14.3. The summed E-state index contributed by atoms with van der Waals surface area (Å²) in [6.45, 7) is 9.57. The minimum Gasteiger partial charge on any atom is -0.320 e. The van der Waals surface area contributed by atoms with E-state index in [1.54, 1.807) is 43.0 Å². The Morgan fingerprint density at radius 3 is 2.31 bits per heavy atom.